The molecule has 5 atom stereocenters. The SMILES string of the molecule is C=C1CC[C@H]2C(C)(C)[C@H](Cl)[C@@H](Cl)C[C@]2(C)[C@H]1CC=O. The van der Waals surface area contributed by atoms with E-state index in [4.69, 9.17) is 23.2 Å². The number of aldehydes is 1. The van der Waals surface area contributed by atoms with Crippen molar-refractivity contribution < 1.29 is 4.79 Å². The molecule has 1 nitrogen and oxygen atoms in total. The van der Waals surface area contributed by atoms with E-state index in [1.807, 2.05) is 0 Å². The van der Waals surface area contributed by atoms with Crippen molar-refractivity contribution in [3.05, 3.63) is 12.2 Å². The van der Waals surface area contributed by atoms with Gasteiger partial charge in [-0.25, -0.2) is 0 Å². The van der Waals surface area contributed by atoms with Crippen LogP contribution in [0.1, 0.15) is 46.5 Å². The molecule has 0 spiro atoms. The Morgan fingerprint density at radius 2 is 2.00 bits per heavy atom. The molecule has 0 heterocycles. The number of carbonyl (C=O) groups is 1. The molecule has 0 bridgehead atoms. The van der Waals surface area contributed by atoms with E-state index in [-0.39, 0.29) is 27.5 Å². The normalized spacial score (nSPS) is 45.6. The standard InChI is InChI=1S/C16H24Cl2O/c1-10-5-6-13-15(2,3)14(18)12(17)9-16(13,4)11(10)7-8-19/h8,11-14H,1,5-7,9H2,2-4H3/t11-,12-,13-,14+,16+/m0/s1. The molecule has 0 aromatic rings. The molecule has 0 aliphatic heterocycles. The lowest BCUT2D eigenvalue weighted by molar-refractivity contribution is -0.112. The zero-order valence-electron chi connectivity index (χ0n) is 12.1. The van der Waals surface area contributed by atoms with E-state index in [1.165, 1.54) is 5.57 Å². The number of carbonyl (C=O) groups excluding carboxylic acids is 1. The number of hydrogen-bond acceptors (Lipinski definition) is 1. The van der Waals surface area contributed by atoms with Crippen molar-refractivity contribution in [3.8, 4) is 0 Å². The Hall–Kier alpha value is -0.0100. The van der Waals surface area contributed by atoms with Crippen molar-refractivity contribution in [1.82, 2.24) is 0 Å². The smallest absolute Gasteiger partial charge is 0.120 e. The molecule has 0 amide bonds. The van der Waals surface area contributed by atoms with Gasteiger partial charge in [0, 0.05) is 6.42 Å². The van der Waals surface area contributed by atoms with E-state index in [2.05, 4.69) is 27.4 Å². The third-order valence-electron chi connectivity index (χ3n) is 5.73. The molecule has 2 aliphatic carbocycles. The van der Waals surface area contributed by atoms with Crippen LogP contribution in [0.15, 0.2) is 12.2 Å². The van der Waals surface area contributed by atoms with Gasteiger partial charge in [-0.2, -0.15) is 0 Å². The van der Waals surface area contributed by atoms with E-state index < -0.39 is 0 Å². The average molecular weight is 303 g/mol. The quantitative estimate of drug-likeness (QED) is 0.406. The molecule has 2 fully saturated rings. The highest BCUT2D eigenvalue weighted by molar-refractivity contribution is 6.30. The number of alkyl halides is 2. The summed E-state index contributed by atoms with van der Waals surface area (Å²) in [7, 11) is 0. The molecular formula is C16H24Cl2O. The zero-order chi connectivity index (χ0) is 14.4. The zero-order valence-corrected chi connectivity index (χ0v) is 13.6. The Labute approximate surface area is 126 Å². The van der Waals surface area contributed by atoms with Gasteiger partial charge in [-0.1, -0.05) is 32.9 Å². The molecule has 2 rings (SSSR count). The average Bonchev–Trinajstić information content (AvgIpc) is 2.31. The fourth-order valence-corrected chi connectivity index (χ4v) is 5.66. The van der Waals surface area contributed by atoms with Gasteiger partial charge in [-0.05, 0) is 41.9 Å². The van der Waals surface area contributed by atoms with Crippen LogP contribution in [0, 0.1) is 22.7 Å². The fraction of sp³-hybridized carbons (Fsp3) is 0.812. The van der Waals surface area contributed by atoms with Crippen molar-refractivity contribution in [2.45, 2.75) is 57.2 Å². The van der Waals surface area contributed by atoms with E-state index in [9.17, 15) is 4.79 Å². The van der Waals surface area contributed by atoms with Crippen molar-refractivity contribution in [2.24, 2.45) is 22.7 Å². The van der Waals surface area contributed by atoms with E-state index in [1.54, 1.807) is 0 Å². The minimum Gasteiger partial charge on any atom is -0.303 e. The van der Waals surface area contributed by atoms with E-state index in [0.717, 1.165) is 25.5 Å². The molecule has 2 aliphatic rings. The summed E-state index contributed by atoms with van der Waals surface area (Å²) >= 11 is 13.1. The second kappa shape index (κ2) is 5.07. The van der Waals surface area contributed by atoms with Crippen LogP contribution >= 0.6 is 23.2 Å². The number of allylic oxidation sites excluding steroid dienone is 1. The number of hydrogen-bond donors (Lipinski definition) is 0. The van der Waals surface area contributed by atoms with Crippen LogP contribution in [0.4, 0.5) is 0 Å². The van der Waals surface area contributed by atoms with Gasteiger partial charge in [0.25, 0.3) is 0 Å². The maximum Gasteiger partial charge on any atom is 0.120 e. The first kappa shape index (κ1) is 15.4. The molecule has 0 N–H and O–H groups in total. The Bertz CT molecular complexity index is 390. The Morgan fingerprint density at radius 1 is 1.37 bits per heavy atom. The van der Waals surface area contributed by atoms with Crippen LogP contribution in [0.3, 0.4) is 0 Å². The molecule has 0 saturated heterocycles. The van der Waals surface area contributed by atoms with Gasteiger partial charge in [0.1, 0.15) is 6.29 Å². The molecule has 0 aromatic heterocycles. The molecule has 0 aromatic carbocycles. The van der Waals surface area contributed by atoms with Crippen molar-refractivity contribution in [1.29, 1.82) is 0 Å². The van der Waals surface area contributed by atoms with Crippen molar-refractivity contribution in [3.63, 3.8) is 0 Å². The number of halogens is 2. The highest BCUT2D eigenvalue weighted by atomic mass is 35.5. The summed E-state index contributed by atoms with van der Waals surface area (Å²) in [6.07, 6.45) is 4.61. The minimum atomic E-state index is -0.0297. The lowest BCUT2D eigenvalue weighted by Crippen LogP contribution is -2.57. The third-order valence-corrected chi connectivity index (χ3v) is 7.13. The van der Waals surface area contributed by atoms with Gasteiger partial charge in [0.2, 0.25) is 0 Å². The Kier molecular flexibility index (Phi) is 4.11. The third kappa shape index (κ3) is 2.27. The summed E-state index contributed by atoms with van der Waals surface area (Å²) in [6.45, 7) is 11.0. The Morgan fingerprint density at radius 3 is 2.58 bits per heavy atom. The van der Waals surface area contributed by atoms with E-state index in [0.29, 0.717) is 12.3 Å². The monoisotopic (exact) mass is 302 g/mol. The first-order valence-corrected chi connectivity index (χ1v) is 8.02. The van der Waals surface area contributed by atoms with Gasteiger partial charge < -0.3 is 4.79 Å². The number of rotatable bonds is 2. The van der Waals surface area contributed by atoms with Gasteiger partial charge >= 0.3 is 0 Å². The summed E-state index contributed by atoms with van der Waals surface area (Å²) in [5.41, 5.74) is 1.28. The van der Waals surface area contributed by atoms with Gasteiger partial charge in [-0.15, -0.1) is 23.2 Å². The highest BCUT2D eigenvalue weighted by Crippen LogP contribution is 2.63. The van der Waals surface area contributed by atoms with Crippen LogP contribution in [0.25, 0.3) is 0 Å². The molecule has 19 heavy (non-hydrogen) atoms. The lowest BCUT2D eigenvalue weighted by Gasteiger charge is -2.60. The van der Waals surface area contributed by atoms with Crippen molar-refractivity contribution >= 4 is 29.5 Å². The fourth-order valence-electron chi connectivity index (χ4n) is 4.76. The van der Waals surface area contributed by atoms with Crippen molar-refractivity contribution in [2.75, 3.05) is 0 Å². The first-order chi connectivity index (χ1) is 8.75. The molecule has 3 heteroatoms. The number of fused-ring (bicyclic) bond motifs is 1. The predicted molar refractivity (Wildman–Crippen MR) is 81.8 cm³/mol. The maximum atomic E-state index is 11.0. The molecule has 108 valence electrons. The highest BCUT2D eigenvalue weighted by Gasteiger charge is 2.58. The molecule has 2 saturated carbocycles. The Balaban J connectivity index is 2.42. The summed E-state index contributed by atoms with van der Waals surface area (Å²) in [6, 6.07) is 0. The van der Waals surface area contributed by atoms with Crippen LogP contribution in [-0.4, -0.2) is 17.0 Å². The molecule has 0 unspecified atom stereocenters. The topological polar surface area (TPSA) is 17.1 Å². The van der Waals surface area contributed by atoms with Crippen LogP contribution in [-0.2, 0) is 4.79 Å². The van der Waals surface area contributed by atoms with Crippen LogP contribution in [0.2, 0.25) is 0 Å². The summed E-state index contributed by atoms with van der Waals surface area (Å²) < 4.78 is 0. The maximum absolute atomic E-state index is 11.0. The van der Waals surface area contributed by atoms with Gasteiger partial charge in [0.05, 0.1) is 10.8 Å². The predicted octanol–water partition coefficient (Wildman–Crippen LogP) is 4.81. The van der Waals surface area contributed by atoms with Gasteiger partial charge in [-0.3, -0.25) is 0 Å². The van der Waals surface area contributed by atoms with Gasteiger partial charge in [0.15, 0.2) is 0 Å². The second-order valence-corrected chi connectivity index (χ2v) is 8.18. The lowest BCUT2D eigenvalue weighted by atomic mass is 9.47. The summed E-state index contributed by atoms with van der Waals surface area (Å²) in [4.78, 5) is 11.0. The van der Waals surface area contributed by atoms with E-state index >= 15 is 0 Å². The minimum absolute atomic E-state index is 0.00278. The van der Waals surface area contributed by atoms with Crippen LogP contribution < -0.4 is 0 Å². The largest absolute Gasteiger partial charge is 0.303 e. The summed E-state index contributed by atoms with van der Waals surface area (Å²) in [5, 5.41) is -0.0338. The van der Waals surface area contributed by atoms with Crippen LogP contribution in [0.5, 0.6) is 0 Å². The molecule has 0 radical (unpaired) electrons. The first-order valence-electron chi connectivity index (χ1n) is 7.14. The molecular weight excluding hydrogens is 279 g/mol. The summed E-state index contributed by atoms with van der Waals surface area (Å²) in [5.74, 6) is 0.765. The second-order valence-electron chi connectivity index (χ2n) is 7.15.